The lowest BCUT2D eigenvalue weighted by Crippen LogP contribution is -2.05. The van der Waals surface area contributed by atoms with E-state index in [1.807, 2.05) is 7.05 Å². The van der Waals surface area contributed by atoms with Crippen molar-refractivity contribution in [1.29, 1.82) is 0 Å². The van der Waals surface area contributed by atoms with E-state index in [-0.39, 0.29) is 0 Å². The Morgan fingerprint density at radius 3 is 2.53 bits per heavy atom. The van der Waals surface area contributed by atoms with Crippen LogP contribution in [0, 0.1) is 11.8 Å². The van der Waals surface area contributed by atoms with E-state index in [9.17, 15) is 0 Å². The summed E-state index contributed by atoms with van der Waals surface area (Å²) in [4.78, 5) is 0. The maximum atomic E-state index is 3.16. The van der Waals surface area contributed by atoms with Crippen molar-refractivity contribution in [1.82, 2.24) is 5.32 Å². The zero-order chi connectivity index (χ0) is 10.9. The minimum absolute atomic E-state index is 0.910. The fourth-order valence-electron chi connectivity index (χ4n) is 1.40. The third kappa shape index (κ3) is 4.67. The van der Waals surface area contributed by atoms with Gasteiger partial charge >= 0.3 is 0 Å². The highest BCUT2D eigenvalue weighted by Crippen LogP contribution is 2.05. The van der Waals surface area contributed by atoms with Crippen LogP contribution in [0.2, 0.25) is 0 Å². The fourth-order valence-corrected chi connectivity index (χ4v) is 1.40. The zero-order valence-electron chi connectivity index (χ0n) is 9.64. The van der Waals surface area contributed by atoms with Gasteiger partial charge in [0.2, 0.25) is 0 Å². The van der Waals surface area contributed by atoms with Crippen molar-refractivity contribution in [3.63, 3.8) is 0 Å². The first-order valence-electron chi connectivity index (χ1n) is 5.59. The maximum absolute atomic E-state index is 3.16. The first-order chi connectivity index (χ1) is 7.36. The van der Waals surface area contributed by atoms with Gasteiger partial charge in [-0.25, -0.2) is 0 Å². The van der Waals surface area contributed by atoms with Crippen LogP contribution in [0.15, 0.2) is 24.3 Å². The summed E-state index contributed by atoms with van der Waals surface area (Å²) in [6.45, 7) is 3.16. The minimum Gasteiger partial charge on any atom is -0.319 e. The molecule has 0 fully saturated rings. The average molecular weight is 201 g/mol. The Bertz CT molecular complexity index is 327. The molecule has 0 aliphatic heterocycles. The average Bonchev–Trinajstić information content (AvgIpc) is 2.27. The van der Waals surface area contributed by atoms with Crippen LogP contribution >= 0.6 is 0 Å². The van der Waals surface area contributed by atoms with Gasteiger partial charge in [-0.15, -0.1) is 0 Å². The van der Waals surface area contributed by atoms with Crippen molar-refractivity contribution in [2.45, 2.75) is 26.2 Å². The van der Waals surface area contributed by atoms with E-state index in [4.69, 9.17) is 0 Å². The molecule has 0 aliphatic carbocycles. The Balaban J connectivity index is 2.51. The van der Waals surface area contributed by atoms with Crippen LogP contribution < -0.4 is 5.32 Å². The number of hydrogen-bond donors (Lipinski definition) is 1. The molecule has 0 saturated heterocycles. The van der Waals surface area contributed by atoms with Crippen LogP contribution in [0.3, 0.4) is 0 Å². The number of hydrogen-bond acceptors (Lipinski definition) is 1. The quantitative estimate of drug-likeness (QED) is 0.583. The van der Waals surface area contributed by atoms with Gasteiger partial charge in [-0.3, -0.25) is 0 Å². The number of rotatable bonds is 4. The first kappa shape index (κ1) is 11.8. The van der Waals surface area contributed by atoms with Gasteiger partial charge in [0.05, 0.1) is 0 Å². The van der Waals surface area contributed by atoms with Crippen LogP contribution in [0.4, 0.5) is 0 Å². The van der Waals surface area contributed by atoms with Gasteiger partial charge in [0, 0.05) is 18.5 Å². The van der Waals surface area contributed by atoms with E-state index >= 15 is 0 Å². The van der Waals surface area contributed by atoms with Crippen molar-refractivity contribution in [2.24, 2.45) is 0 Å². The molecule has 0 bridgehead atoms. The molecule has 1 rings (SSSR count). The second kappa shape index (κ2) is 7.09. The molecule has 1 aromatic carbocycles. The summed E-state index contributed by atoms with van der Waals surface area (Å²) < 4.78 is 0. The molecule has 1 N–H and O–H groups in total. The molecule has 0 unspecified atom stereocenters. The molecule has 0 spiro atoms. The second-order valence-electron chi connectivity index (χ2n) is 3.60. The fraction of sp³-hybridized carbons (Fsp3) is 0.429. The standard InChI is InChI=1S/C14H19N/c1-3-6-13-8-10-14(11-9-13)7-4-5-12-15-2/h8-11,15H,3,5-6,12H2,1-2H3. The Hall–Kier alpha value is -1.26. The van der Waals surface area contributed by atoms with Gasteiger partial charge in [0.15, 0.2) is 0 Å². The molecule has 1 nitrogen and oxygen atoms in total. The summed E-state index contributed by atoms with van der Waals surface area (Å²) in [5.41, 5.74) is 2.52. The molecule has 0 amide bonds. The molecule has 0 heterocycles. The highest BCUT2D eigenvalue weighted by molar-refractivity contribution is 5.36. The third-order valence-corrected chi connectivity index (χ3v) is 2.23. The van der Waals surface area contributed by atoms with Gasteiger partial charge in [-0.2, -0.15) is 0 Å². The Morgan fingerprint density at radius 2 is 1.93 bits per heavy atom. The van der Waals surface area contributed by atoms with Gasteiger partial charge < -0.3 is 5.32 Å². The van der Waals surface area contributed by atoms with E-state index in [1.165, 1.54) is 12.0 Å². The molecule has 0 atom stereocenters. The van der Waals surface area contributed by atoms with Crippen molar-refractivity contribution < 1.29 is 0 Å². The predicted molar refractivity (Wildman–Crippen MR) is 65.9 cm³/mol. The molecule has 1 heteroatoms. The molecule has 0 aromatic heterocycles. The van der Waals surface area contributed by atoms with Crippen LogP contribution in [-0.4, -0.2) is 13.6 Å². The van der Waals surface area contributed by atoms with E-state index in [1.54, 1.807) is 0 Å². The number of aryl methyl sites for hydroxylation is 1. The summed E-state index contributed by atoms with van der Waals surface area (Å²) in [6, 6.07) is 8.56. The van der Waals surface area contributed by atoms with E-state index < -0.39 is 0 Å². The van der Waals surface area contributed by atoms with E-state index in [0.717, 1.165) is 24.9 Å². The number of benzene rings is 1. The van der Waals surface area contributed by atoms with E-state index in [0.29, 0.717) is 0 Å². The van der Waals surface area contributed by atoms with Crippen LogP contribution in [0.1, 0.15) is 30.9 Å². The topological polar surface area (TPSA) is 12.0 Å². The first-order valence-corrected chi connectivity index (χ1v) is 5.59. The highest BCUT2D eigenvalue weighted by atomic mass is 14.8. The van der Waals surface area contributed by atoms with Crippen LogP contribution in [0.5, 0.6) is 0 Å². The van der Waals surface area contributed by atoms with Gasteiger partial charge in [-0.05, 0) is 31.2 Å². The van der Waals surface area contributed by atoms with Gasteiger partial charge in [0.1, 0.15) is 0 Å². The summed E-state index contributed by atoms with van der Waals surface area (Å²) in [6.07, 6.45) is 3.27. The zero-order valence-corrected chi connectivity index (χ0v) is 9.64. The lowest BCUT2D eigenvalue weighted by molar-refractivity contribution is 0.818. The summed E-state index contributed by atoms with van der Waals surface area (Å²) in [7, 11) is 1.95. The molecular formula is C14H19N. The van der Waals surface area contributed by atoms with Crippen LogP contribution in [-0.2, 0) is 6.42 Å². The largest absolute Gasteiger partial charge is 0.319 e. The Kier molecular flexibility index (Phi) is 5.58. The Morgan fingerprint density at radius 1 is 1.20 bits per heavy atom. The van der Waals surface area contributed by atoms with Crippen molar-refractivity contribution in [2.75, 3.05) is 13.6 Å². The summed E-state index contributed by atoms with van der Waals surface area (Å²) in [5, 5.41) is 3.08. The van der Waals surface area contributed by atoms with Crippen LogP contribution in [0.25, 0.3) is 0 Å². The van der Waals surface area contributed by atoms with Crippen molar-refractivity contribution >= 4 is 0 Å². The summed E-state index contributed by atoms with van der Waals surface area (Å²) in [5.74, 6) is 6.30. The minimum atomic E-state index is 0.910. The molecular weight excluding hydrogens is 182 g/mol. The van der Waals surface area contributed by atoms with Crippen molar-refractivity contribution in [3.8, 4) is 11.8 Å². The molecule has 1 aromatic rings. The lowest BCUT2D eigenvalue weighted by atomic mass is 10.1. The molecule has 80 valence electrons. The normalized spacial score (nSPS) is 9.47. The third-order valence-electron chi connectivity index (χ3n) is 2.23. The summed E-state index contributed by atoms with van der Waals surface area (Å²) >= 11 is 0. The molecule has 0 radical (unpaired) electrons. The second-order valence-corrected chi connectivity index (χ2v) is 3.60. The van der Waals surface area contributed by atoms with Gasteiger partial charge in [-0.1, -0.05) is 37.3 Å². The molecule has 15 heavy (non-hydrogen) atoms. The van der Waals surface area contributed by atoms with Gasteiger partial charge in [0.25, 0.3) is 0 Å². The maximum Gasteiger partial charge on any atom is 0.0245 e. The smallest absolute Gasteiger partial charge is 0.0245 e. The SMILES string of the molecule is CCCc1ccc(C#CCCNC)cc1. The van der Waals surface area contributed by atoms with Crippen molar-refractivity contribution in [3.05, 3.63) is 35.4 Å². The molecule has 0 aliphatic rings. The lowest BCUT2D eigenvalue weighted by Gasteiger charge is -1.97. The molecule has 0 saturated carbocycles. The highest BCUT2D eigenvalue weighted by Gasteiger charge is 1.90. The predicted octanol–water partition coefficient (Wildman–Crippen LogP) is 2.60. The Labute approximate surface area is 92.9 Å². The monoisotopic (exact) mass is 201 g/mol. The van der Waals surface area contributed by atoms with E-state index in [2.05, 4.69) is 48.3 Å². The number of nitrogens with one attached hydrogen (secondary N) is 1.